The van der Waals surface area contributed by atoms with Crippen LogP contribution in [0.3, 0.4) is 0 Å². The van der Waals surface area contributed by atoms with Gasteiger partial charge in [-0.1, -0.05) is 0 Å². The molecule has 0 radical (unpaired) electrons. The molecular weight excluding hydrogens is 288 g/mol. The lowest BCUT2D eigenvalue weighted by Gasteiger charge is -2.09. The van der Waals surface area contributed by atoms with Crippen molar-refractivity contribution >= 4 is 23.6 Å². The number of hydrogen-bond donors (Lipinski definition) is 4. The van der Waals surface area contributed by atoms with Gasteiger partial charge < -0.3 is 21.1 Å². The van der Waals surface area contributed by atoms with Crippen LogP contribution in [0.2, 0.25) is 0 Å². The number of carbonyl (C=O) groups is 3. The van der Waals surface area contributed by atoms with Crippen LogP contribution in [0.15, 0.2) is 12.1 Å². The number of benzene rings is 1. The number of carboxylic acids is 1. The third-order valence-corrected chi connectivity index (χ3v) is 2.32. The number of aromatic carboxylic acids is 1. The van der Waals surface area contributed by atoms with Gasteiger partial charge >= 0.3 is 12.0 Å². The molecule has 21 heavy (non-hydrogen) atoms. The normalized spacial score (nSPS) is 9.86. The van der Waals surface area contributed by atoms with Crippen LogP contribution < -0.4 is 16.0 Å². The van der Waals surface area contributed by atoms with Crippen molar-refractivity contribution in [3.8, 4) is 0 Å². The van der Waals surface area contributed by atoms with Crippen molar-refractivity contribution in [3.63, 3.8) is 0 Å². The van der Waals surface area contributed by atoms with Crippen LogP contribution in [0.5, 0.6) is 0 Å². The van der Waals surface area contributed by atoms with Gasteiger partial charge in [-0.3, -0.25) is 4.79 Å². The number of amides is 3. The average Bonchev–Trinajstić information content (AvgIpc) is 2.37. The molecule has 0 bridgehead atoms. The van der Waals surface area contributed by atoms with Gasteiger partial charge in [0.05, 0.1) is 11.3 Å². The van der Waals surface area contributed by atoms with Crippen molar-refractivity contribution in [2.75, 3.05) is 18.4 Å². The van der Waals surface area contributed by atoms with Gasteiger partial charge in [0.1, 0.15) is 11.6 Å². The Morgan fingerprint density at radius 2 is 1.71 bits per heavy atom. The number of urea groups is 1. The van der Waals surface area contributed by atoms with E-state index in [0.717, 1.165) is 0 Å². The van der Waals surface area contributed by atoms with E-state index < -0.39 is 34.9 Å². The van der Waals surface area contributed by atoms with Crippen molar-refractivity contribution in [1.82, 2.24) is 10.6 Å². The molecule has 114 valence electrons. The van der Waals surface area contributed by atoms with E-state index >= 15 is 0 Å². The summed E-state index contributed by atoms with van der Waals surface area (Å²) in [4.78, 5) is 32.7. The summed E-state index contributed by atoms with van der Waals surface area (Å²) in [5, 5.41) is 15.5. The smallest absolute Gasteiger partial charge is 0.338 e. The fraction of sp³-hybridized carbons (Fsp3) is 0.250. The van der Waals surface area contributed by atoms with Crippen molar-refractivity contribution in [2.24, 2.45) is 0 Å². The molecule has 0 unspecified atom stereocenters. The fourth-order valence-corrected chi connectivity index (χ4v) is 1.39. The summed E-state index contributed by atoms with van der Waals surface area (Å²) in [6, 6.07) is 0.235. The Kier molecular flexibility index (Phi) is 5.58. The van der Waals surface area contributed by atoms with Gasteiger partial charge in [-0.2, -0.15) is 0 Å². The zero-order valence-electron chi connectivity index (χ0n) is 11.0. The molecule has 9 heteroatoms. The van der Waals surface area contributed by atoms with Crippen LogP contribution >= 0.6 is 0 Å². The third-order valence-electron chi connectivity index (χ3n) is 2.32. The van der Waals surface area contributed by atoms with E-state index in [1.807, 2.05) is 0 Å². The summed E-state index contributed by atoms with van der Waals surface area (Å²) in [6.07, 6.45) is 0. The Hall–Kier alpha value is -2.71. The zero-order valence-corrected chi connectivity index (χ0v) is 11.0. The van der Waals surface area contributed by atoms with E-state index in [1.165, 1.54) is 6.92 Å². The predicted molar refractivity (Wildman–Crippen MR) is 69.0 cm³/mol. The number of carboxylic acid groups (broad SMARTS) is 1. The quantitative estimate of drug-likeness (QED) is 0.606. The van der Waals surface area contributed by atoms with Crippen molar-refractivity contribution in [2.45, 2.75) is 6.92 Å². The van der Waals surface area contributed by atoms with Crippen LogP contribution in [0, 0.1) is 11.6 Å². The first-order valence-corrected chi connectivity index (χ1v) is 5.83. The second-order valence-corrected chi connectivity index (χ2v) is 3.98. The van der Waals surface area contributed by atoms with Gasteiger partial charge in [0, 0.05) is 26.1 Å². The minimum atomic E-state index is -1.58. The summed E-state index contributed by atoms with van der Waals surface area (Å²) in [6.45, 7) is 1.57. The van der Waals surface area contributed by atoms with Crippen LogP contribution in [0.25, 0.3) is 0 Å². The molecule has 7 nitrogen and oxygen atoms in total. The SMILES string of the molecule is CC(=O)NCCNC(=O)Nc1cc(C(=O)O)c(F)cc1F. The lowest BCUT2D eigenvalue weighted by atomic mass is 10.2. The van der Waals surface area contributed by atoms with E-state index in [2.05, 4.69) is 16.0 Å². The molecule has 0 fully saturated rings. The van der Waals surface area contributed by atoms with E-state index in [-0.39, 0.29) is 19.0 Å². The Bertz CT molecular complexity index is 578. The largest absolute Gasteiger partial charge is 0.478 e. The number of rotatable bonds is 5. The summed E-state index contributed by atoms with van der Waals surface area (Å²) in [5.74, 6) is -4.19. The van der Waals surface area contributed by atoms with E-state index in [4.69, 9.17) is 5.11 Å². The molecule has 0 saturated carbocycles. The highest BCUT2D eigenvalue weighted by atomic mass is 19.1. The number of hydrogen-bond acceptors (Lipinski definition) is 3. The first-order valence-electron chi connectivity index (χ1n) is 5.83. The topological polar surface area (TPSA) is 108 Å². The second kappa shape index (κ2) is 7.17. The molecule has 1 rings (SSSR count). The molecule has 0 aromatic heterocycles. The summed E-state index contributed by atoms with van der Waals surface area (Å²) >= 11 is 0. The first-order chi connectivity index (χ1) is 9.81. The summed E-state index contributed by atoms with van der Waals surface area (Å²) < 4.78 is 26.6. The number of nitrogens with one attached hydrogen (secondary N) is 3. The molecule has 4 N–H and O–H groups in total. The highest BCUT2D eigenvalue weighted by Crippen LogP contribution is 2.19. The molecule has 0 aliphatic carbocycles. The molecule has 0 atom stereocenters. The Morgan fingerprint density at radius 3 is 2.29 bits per heavy atom. The van der Waals surface area contributed by atoms with E-state index in [9.17, 15) is 23.2 Å². The molecular formula is C12H13F2N3O4. The monoisotopic (exact) mass is 301 g/mol. The number of anilines is 1. The van der Waals surface area contributed by atoms with Crippen LogP contribution in [-0.2, 0) is 4.79 Å². The zero-order chi connectivity index (χ0) is 16.0. The maximum absolute atomic E-state index is 13.4. The Labute approximate surface area is 118 Å². The Balaban J connectivity index is 2.65. The minimum Gasteiger partial charge on any atom is -0.478 e. The highest BCUT2D eigenvalue weighted by Gasteiger charge is 2.16. The molecule has 1 aromatic rings. The first kappa shape index (κ1) is 16.3. The molecule has 0 aliphatic rings. The molecule has 0 saturated heterocycles. The minimum absolute atomic E-state index is 0.0833. The van der Waals surface area contributed by atoms with Gasteiger partial charge in [-0.25, -0.2) is 18.4 Å². The van der Waals surface area contributed by atoms with Crippen LogP contribution in [0.4, 0.5) is 19.3 Å². The van der Waals surface area contributed by atoms with Crippen LogP contribution in [-0.4, -0.2) is 36.1 Å². The number of halogens is 2. The fourth-order valence-electron chi connectivity index (χ4n) is 1.39. The maximum atomic E-state index is 13.4. The van der Waals surface area contributed by atoms with Gasteiger partial charge in [-0.15, -0.1) is 0 Å². The Morgan fingerprint density at radius 1 is 1.10 bits per heavy atom. The van der Waals surface area contributed by atoms with Gasteiger partial charge in [0.2, 0.25) is 5.91 Å². The third kappa shape index (κ3) is 5.05. The van der Waals surface area contributed by atoms with Gasteiger partial charge in [0.15, 0.2) is 0 Å². The summed E-state index contributed by atoms with van der Waals surface area (Å²) in [7, 11) is 0. The predicted octanol–water partition coefficient (Wildman–Crippen LogP) is 0.921. The average molecular weight is 301 g/mol. The lowest BCUT2D eigenvalue weighted by Crippen LogP contribution is -2.36. The molecule has 0 aliphatic heterocycles. The van der Waals surface area contributed by atoms with Crippen molar-refractivity contribution in [3.05, 3.63) is 29.3 Å². The van der Waals surface area contributed by atoms with Gasteiger partial charge in [0.25, 0.3) is 0 Å². The van der Waals surface area contributed by atoms with E-state index in [1.54, 1.807) is 0 Å². The second-order valence-electron chi connectivity index (χ2n) is 3.98. The van der Waals surface area contributed by atoms with Crippen LogP contribution in [0.1, 0.15) is 17.3 Å². The van der Waals surface area contributed by atoms with E-state index in [0.29, 0.717) is 12.1 Å². The standard InChI is InChI=1S/C12H13F2N3O4/c1-6(18)15-2-3-16-12(21)17-10-4-7(11(19)20)8(13)5-9(10)14/h4-5H,2-3H2,1H3,(H,15,18)(H,19,20)(H2,16,17,21). The maximum Gasteiger partial charge on any atom is 0.338 e. The van der Waals surface area contributed by atoms with Crippen molar-refractivity contribution in [1.29, 1.82) is 0 Å². The highest BCUT2D eigenvalue weighted by molar-refractivity contribution is 5.93. The van der Waals surface area contributed by atoms with Gasteiger partial charge in [-0.05, 0) is 6.07 Å². The molecule has 0 spiro atoms. The molecule has 1 aromatic carbocycles. The number of carbonyl (C=O) groups excluding carboxylic acids is 2. The molecule has 3 amide bonds. The van der Waals surface area contributed by atoms with Crippen molar-refractivity contribution < 1.29 is 28.3 Å². The molecule has 0 heterocycles. The summed E-state index contributed by atoms with van der Waals surface area (Å²) in [5.41, 5.74) is -1.23. The lowest BCUT2D eigenvalue weighted by molar-refractivity contribution is -0.118.